The predicted molar refractivity (Wildman–Crippen MR) is 49.1 cm³/mol. The second-order valence-corrected chi connectivity index (χ2v) is 16.8. The molecular formula is C7H14ClGeNO. The number of rotatable bonds is 2. The third kappa shape index (κ3) is 3.03. The molecule has 64 valence electrons. The number of hydrogen-bond acceptors (Lipinski definition) is 1. The van der Waals surface area contributed by atoms with E-state index in [1.165, 1.54) is 0 Å². The van der Waals surface area contributed by atoms with Crippen LogP contribution in [0.5, 0.6) is 0 Å². The molecule has 0 bridgehead atoms. The minimum absolute atomic E-state index is 0.296. The van der Waals surface area contributed by atoms with Gasteiger partial charge in [-0.2, -0.15) is 0 Å². The van der Waals surface area contributed by atoms with Crippen molar-refractivity contribution in [3.05, 3.63) is 0 Å². The molecule has 0 saturated carbocycles. The Hall–Kier alpha value is 0.303. The molecule has 0 aromatic heterocycles. The van der Waals surface area contributed by atoms with Crippen LogP contribution >= 0.6 is 10.0 Å². The van der Waals surface area contributed by atoms with E-state index in [2.05, 4.69) is 11.5 Å². The number of hydrogen-bond donors (Lipinski definition) is 0. The van der Waals surface area contributed by atoms with Gasteiger partial charge in [0.1, 0.15) is 0 Å². The summed E-state index contributed by atoms with van der Waals surface area (Å²) in [6.45, 7) is 0.931. The van der Waals surface area contributed by atoms with E-state index in [1.54, 1.807) is 0 Å². The van der Waals surface area contributed by atoms with E-state index >= 15 is 0 Å². The maximum absolute atomic E-state index is 11.1. The van der Waals surface area contributed by atoms with Crippen LogP contribution in [-0.4, -0.2) is 35.1 Å². The first kappa shape index (κ1) is 9.39. The third-order valence-electron chi connectivity index (χ3n) is 1.74. The summed E-state index contributed by atoms with van der Waals surface area (Å²) >= 11 is -2.04. The number of nitrogens with zero attached hydrogens (tertiary/aromatic N) is 1. The van der Waals surface area contributed by atoms with E-state index in [0.29, 0.717) is 5.91 Å². The molecule has 1 aliphatic heterocycles. The van der Waals surface area contributed by atoms with Crippen LogP contribution in [0.3, 0.4) is 0 Å². The van der Waals surface area contributed by atoms with Crippen LogP contribution in [0, 0.1) is 0 Å². The third-order valence-corrected chi connectivity index (χ3v) is 4.74. The maximum atomic E-state index is 11.1. The zero-order valence-corrected chi connectivity index (χ0v) is 9.92. The first-order chi connectivity index (χ1) is 4.99. The summed E-state index contributed by atoms with van der Waals surface area (Å²) in [6, 6.07) is 0. The minimum atomic E-state index is -2.04. The first-order valence-electron chi connectivity index (χ1n) is 3.96. The monoisotopic (exact) mass is 237 g/mol. The van der Waals surface area contributed by atoms with Crippen LogP contribution in [0.1, 0.15) is 12.8 Å². The quantitative estimate of drug-likeness (QED) is 0.667. The molecule has 0 unspecified atom stereocenters. The van der Waals surface area contributed by atoms with Crippen molar-refractivity contribution in [2.45, 2.75) is 24.4 Å². The van der Waals surface area contributed by atoms with Gasteiger partial charge in [-0.05, 0) is 0 Å². The number of likely N-dealkylation sites (tertiary alicyclic amines) is 1. The van der Waals surface area contributed by atoms with Crippen molar-refractivity contribution < 1.29 is 4.79 Å². The Morgan fingerprint density at radius 3 is 2.64 bits per heavy atom. The van der Waals surface area contributed by atoms with E-state index in [0.717, 1.165) is 24.8 Å². The van der Waals surface area contributed by atoms with Crippen molar-refractivity contribution in [3.63, 3.8) is 0 Å². The second-order valence-electron chi connectivity index (χ2n) is 3.64. The molecule has 0 aromatic carbocycles. The SMILES string of the molecule is [CH3][Ge]([CH3])([Cl])[CH2]N1CCCC1=O. The molecule has 1 heterocycles. The fourth-order valence-electron chi connectivity index (χ4n) is 1.33. The van der Waals surface area contributed by atoms with E-state index < -0.39 is 12.3 Å². The zero-order valence-electron chi connectivity index (χ0n) is 7.06. The Morgan fingerprint density at radius 1 is 1.64 bits per heavy atom. The van der Waals surface area contributed by atoms with Crippen LogP contribution in [0.4, 0.5) is 0 Å². The second kappa shape index (κ2) is 3.35. The Kier molecular flexibility index (Phi) is 2.86. The van der Waals surface area contributed by atoms with Gasteiger partial charge in [0, 0.05) is 0 Å². The van der Waals surface area contributed by atoms with Crippen LogP contribution in [-0.2, 0) is 4.79 Å². The van der Waals surface area contributed by atoms with Gasteiger partial charge in [-0.3, -0.25) is 0 Å². The molecule has 0 aromatic rings. The molecule has 4 heteroatoms. The van der Waals surface area contributed by atoms with Crippen molar-refractivity contribution in [1.82, 2.24) is 4.90 Å². The molecule has 0 N–H and O–H groups in total. The Morgan fingerprint density at radius 2 is 2.27 bits per heavy atom. The van der Waals surface area contributed by atoms with Gasteiger partial charge in [-0.15, -0.1) is 0 Å². The average molecular weight is 236 g/mol. The van der Waals surface area contributed by atoms with E-state index in [9.17, 15) is 4.79 Å². The van der Waals surface area contributed by atoms with Gasteiger partial charge in [0.2, 0.25) is 0 Å². The van der Waals surface area contributed by atoms with E-state index in [4.69, 9.17) is 10.0 Å². The van der Waals surface area contributed by atoms with Crippen molar-refractivity contribution in [2.75, 3.05) is 11.9 Å². The molecule has 2 nitrogen and oxygen atoms in total. The molecule has 0 spiro atoms. The van der Waals surface area contributed by atoms with Crippen LogP contribution in [0.25, 0.3) is 0 Å². The first-order valence-corrected chi connectivity index (χ1v) is 12.4. The van der Waals surface area contributed by atoms with Gasteiger partial charge < -0.3 is 0 Å². The number of halogens is 1. The molecule has 1 fully saturated rings. The van der Waals surface area contributed by atoms with Crippen molar-refractivity contribution >= 4 is 28.3 Å². The molecular weight excluding hydrogens is 222 g/mol. The van der Waals surface area contributed by atoms with Gasteiger partial charge in [-0.25, -0.2) is 0 Å². The summed E-state index contributed by atoms with van der Waals surface area (Å²) in [5.41, 5.74) is 0. The molecule has 0 radical (unpaired) electrons. The van der Waals surface area contributed by atoms with Crippen LogP contribution in [0.2, 0.25) is 11.5 Å². The molecule has 1 aliphatic rings. The molecule has 1 saturated heterocycles. The zero-order chi connectivity index (χ0) is 8.48. The summed E-state index contributed by atoms with van der Waals surface area (Å²) in [7, 11) is 6.17. The Bertz CT molecular complexity index is 166. The molecule has 1 rings (SSSR count). The summed E-state index contributed by atoms with van der Waals surface area (Å²) in [5.74, 6) is 4.53. The van der Waals surface area contributed by atoms with Crippen molar-refractivity contribution in [3.8, 4) is 0 Å². The summed E-state index contributed by atoms with van der Waals surface area (Å²) in [4.78, 5) is 13.1. The number of carbonyl (C=O) groups is 1. The average Bonchev–Trinajstić information content (AvgIpc) is 2.12. The van der Waals surface area contributed by atoms with Crippen molar-refractivity contribution in [2.24, 2.45) is 0 Å². The van der Waals surface area contributed by atoms with Gasteiger partial charge in [0.25, 0.3) is 0 Å². The van der Waals surface area contributed by atoms with Crippen LogP contribution in [0.15, 0.2) is 0 Å². The Balaban J connectivity index is 2.43. The molecule has 0 atom stereocenters. The summed E-state index contributed by atoms with van der Waals surface area (Å²) in [6.07, 6.45) is 1.75. The van der Waals surface area contributed by atoms with Gasteiger partial charge in [-0.1, -0.05) is 0 Å². The van der Waals surface area contributed by atoms with E-state index in [-0.39, 0.29) is 0 Å². The summed E-state index contributed by atoms with van der Waals surface area (Å²) < 4.78 is 0. The fraction of sp³-hybridized carbons (Fsp3) is 0.857. The normalized spacial score (nSPS) is 19.5. The van der Waals surface area contributed by atoms with Crippen LogP contribution < -0.4 is 0 Å². The van der Waals surface area contributed by atoms with Gasteiger partial charge in [0.05, 0.1) is 0 Å². The van der Waals surface area contributed by atoms with Crippen molar-refractivity contribution in [1.29, 1.82) is 0 Å². The number of amides is 1. The summed E-state index contributed by atoms with van der Waals surface area (Å²) in [5, 5.41) is 0.861. The van der Waals surface area contributed by atoms with Gasteiger partial charge >= 0.3 is 74.2 Å². The standard InChI is InChI=1S/C7H14ClGeNO/c1-9(2,8)6-10-5-3-4-7(10)11/h3-6H2,1-2H3. The fourth-order valence-corrected chi connectivity index (χ4v) is 4.68. The molecule has 11 heavy (non-hydrogen) atoms. The van der Waals surface area contributed by atoms with E-state index in [1.807, 2.05) is 4.90 Å². The molecule has 0 aliphatic carbocycles. The predicted octanol–water partition coefficient (Wildman–Crippen LogP) is 1.59. The Labute approximate surface area is 74.4 Å². The van der Waals surface area contributed by atoms with Gasteiger partial charge in [0.15, 0.2) is 0 Å². The number of carbonyl (C=O) groups excluding carboxylic acids is 1. The molecule has 1 amide bonds. The topological polar surface area (TPSA) is 20.3 Å².